The molecule has 0 radical (unpaired) electrons. The fourth-order valence-corrected chi connectivity index (χ4v) is 3.36. The Morgan fingerprint density at radius 2 is 1.78 bits per heavy atom. The van der Waals surface area contributed by atoms with Crippen molar-refractivity contribution in [2.24, 2.45) is 4.99 Å². The number of nitrogens with zero attached hydrogens (tertiary/aromatic N) is 4. The minimum Gasteiger partial charge on any atom is -0.354 e. The van der Waals surface area contributed by atoms with Crippen LogP contribution in [0.3, 0.4) is 0 Å². The quantitative estimate of drug-likeness (QED) is 0.481. The summed E-state index contributed by atoms with van der Waals surface area (Å²) < 4.78 is 4.46. The first-order valence-corrected chi connectivity index (χ1v) is 9.88. The molecule has 0 unspecified atom stereocenters. The molecule has 0 fully saturated rings. The highest BCUT2D eigenvalue weighted by molar-refractivity contribution is 5.80. The number of aromatic nitrogens is 2. The molecular formula is C22H36N5+. The maximum absolute atomic E-state index is 4.73. The number of hydrogen-bond donors (Lipinski definition) is 1. The summed E-state index contributed by atoms with van der Waals surface area (Å²) in [6, 6.07) is 5.13. The summed E-state index contributed by atoms with van der Waals surface area (Å²) in [5.74, 6) is 0.963. The molecule has 1 aromatic heterocycles. The van der Waals surface area contributed by atoms with E-state index in [9.17, 15) is 0 Å². The summed E-state index contributed by atoms with van der Waals surface area (Å²) in [5.41, 5.74) is 5.20. The molecule has 0 aliphatic carbocycles. The van der Waals surface area contributed by atoms with Gasteiger partial charge in [-0.3, -0.25) is 4.99 Å². The van der Waals surface area contributed by atoms with Crippen LogP contribution in [0.5, 0.6) is 0 Å². The fraction of sp³-hybridized carbons (Fsp3) is 0.545. The number of hydrogen-bond acceptors (Lipinski definition) is 1. The zero-order valence-corrected chi connectivity index (χ0v) is 18.2. The van der Waals surface area contributed by atoms with Crippen molar-refractivity contribution in [3.63, 3.8) is 0 Å². The number of aliphatic imine (C=N–C) groups is 1. The topological polar surface area (TPSA) is 36.4 Å². The third kappa shape index (κ3) is 5.84. The van der Waals surface area contributed by atoms with Gasteiger partial charge in [0.2, 0.25) is 6.33 Å². The molecule has 1 N–H and O–H groups in total. The maximum Gasteiger partial charge on any atom is 0.249 e. The number of aryl methyl sites for hydroxylation is 3. The van der Waals surface area contributed by atoms with Gasteiger partial charge in [0.05, 0.1) is 6.54 Å². The van der Waals surface area contributed by atoms with Gasteiger partial charge in [0.25, 0.3) is 0 Å². The molecule has 5 heteroatoms. The van der Waals surface area contributed by atoms with Gasteiger partial charge in [0.1, 0.15) is 24.6 Å². The lowest BCUT2D eigenvalue weighted by molar-refractivity contribution is -0.695. The number of likely N-dealkylation sites (N-methyl/N-ethyl adjacent to an activating group) is 1. The van der Waals surface area contributed by atoms with Crippen LogP contribution in [0.1, 0.15) is 44.4 Å². The number of guanidine groups is 1. The molecule has 0 aliphatic heterocycles. The highest BCUT2D eigenvalue weighted by Crippen LogP contribution is 2.20. The van der Waals surface area contributed by atoms with Crippen molar-refractivity contribution < 1.29 is 4.57 Å². The molecule has 1 aromatic carbocycles. The lowest BCUT2D eigenvalue weighted by atomic mass is 10.1. The van der Waals surface area contributed by atoms with Crippen LogP contribution in [0.2, 0.25) is 0 Å². The standard InChI is InChI=1S/C22H36N5/c1-16(2)23-22(24-17(3)4)25(8)9-10-26-11-12-27(15-26)21-19(6)13-18(5)14-20(21)7/h11-17H,9-10H2,1-8H3,(H,23,24)/q+1. The first-order chi connectivity index (χ1) is 12.7. The predicted octanol–water partition coefficient (Wildman–Crippen LogP) is 3.38. The van der Waals surface area contributed by atoms with Gasteiger partial charge in [-0.15, -0.1) is 0 Å². The molecule has 2 aromatic rings. The molecule has 5 nitrogen and oxygen atoms in total. The second-order valence-corrected chi connectivity index (χ2v) is 8.07. The Bertz CT molecular complexity index is 763. The van der Waals surface area contributed by atoms with Crippen LogP contribution in [0.15, 0.2) is 35.8 Å². The van der Waals surface area contributed by atoms with E-state index in [4.69, 9.17) is 4.99 Å². The minimum atomic E-state index is 0.273. The van der Waals surface area contributed by atoms with Crippen LogP contribution in [-0.2, 0) is 6.54 Å². The van der Waals surface area contributed by atoms with Crippen LogP contribution < -0.4 is 9.88 Å². The number of nitrogens with one attached hydrogen (secondary N) is 1. The van der Waals surface area contributed by atoms with Crippen LogP contribution in [0, 0.1) is 20.8 Å². The maximum atomic E-state index is 4.73. The summed E-state index contributed by atoms with van der Waals surface area (Å²) in [5, 5.41) is 3.46. The minimum absolute atomic E-state index is 0.273. The molecule has 0 atom stereocenters. The van der Waals surface area contributed by atoms with E-state index in [1.165, 1.54) is 22.4 Å². The normalized spacial score (nSPS) is 12.1. The zero-order chi connectivity index (χ0) is 20.1. The van der Waals surface area contributed by atoms with Crippen molar-refractivity contribution >= 4 is 5.96 Å². The number of benzene rings is 1. The highest BCUT2D eigenvalue weighted by Gasteiger charge is 2.14. The molecule has 0 saturated carbocycles. The fourth-order valence-electron chi connectivity index (χ4n) is 3.36. The summed E-state index contributed by atoms with van der Waals surface area (Å²) in [6.45, 7) is 16.8. The van der Waals surface area contributed by atoms with E-state index in [2.05, 4.69) is 106 Å². The van der Waals surface area contributed by atoms with Gasteiger partial charge in [-0.05, 0) is 59.6 Å². The monoisotopic (exact) mass is 370 g/mol. The summed E-state index contributed by atoms with van der Waals surface area (Å²) in [6.07, 6.45) is 6.45. The van der Waals surface area contributed by atoms with Crippen molar-refractivity contribution in [1.29, 1.82) is 0 Å². The third-order valence-corrected chi connectivity index (χ3v) is 4.44. The van der Waals surface area contributed by atoms with Gasteiger partial charge in [-0.1, -0.05) is 17.7 Å². The third-order valence-electron chi connectivity index (χ3n) is 4.44. The molecule has 0 bridgehead atoms. The van der Waals surface area contributed by atoms with Crippen molar-refractivity contribution in [3.05, 3.63) is 47.5 Å². The molecule has 0 saturated heterocycles. The van der Waals surface area contributed by atoms with E-state index in [-0.39, 0.29) is 6.04 Å². The van der Waals surface area contributed by atoms with Crippen LogP contribution in [-0.4, -0.2) is 41.1 Å². The van der Waals surface area contributed by atoms with Gasteiger partial charge in [-0.25, -0.2) is 9.13 Å². The van der Waals surface area contributed by atoms with Crippen molar-refractivity contribution in [3.8, 4) is 5.69 Å². The first kappa shape index (κ1) is 21.0. The Kier molecular flexibility index (Phi) is 7.05. The average Bonchev–Trinajstić information content (AvgIpc) is 2.98. The van der Waals surface area contributed by atoms with Crippen LogP contribution in [0.25, 0.3) is 5.69 Å². The Morgan fingerprint density at radius 1 is 1.15 bits per heavy atom. The van der Waals surface area contributed by atoms with E-state index in [1.807, 2.05) is 0 Å². The summed E-state index contributed by atoms with van der Waals surface area (Å²) in [4.78, 5) is 6.93. The second kappa shape index (κ2) is 9.07. The number of rotatable bonds is 6. The van der Waals surface area contributed by atoms with E-state index in [0.29, 0.717) is 6.04 Å². The Labute approximate surface area is 164 Å². The molecule has 1 heterocycles. The SMILES string of the molecule is Cc1cc(C)c(-n2cc[n+](CCN(C)C(=NC(C)C)NC(C)C)c2)c(C)c1. The first-order valence-electron chi connectivity index (χ1n) is 9.88. The van der Waals surface area contributed by atoms with E-state index < -0.39 is 0 Å². The summed E-state index contributed by atoms with van der Waals surface area (Å²) >= 11 is 0. The van der Waals surface area contributed by atoms with Gasteiger partial charge in [-0.2, -0.15) is 0 Å². The molecule has 0 spiro atoms. The predicted molar refractivity (Wildman–Crippen MR) is 114 cm³/mol. The molecular weight excluding hydrogens is 334 g/mol. The highest BCUT2D eigenvalue weighted by atomic mass is 15.3. The average molecular weight is 371 g/mol. The largest absolute Gasteiger partial charge is 0.354 e. The second-order valence-electron chi connectivity index (χ2n) is 8.07. The molecule has 2 rings (SSSR count). The summed E-state index contributed by atoms with van der Waals surface area (Å²) in [7, 11) is 2.10. The Morgan fingerprint density at radius 3 is 2.33 bits per heavy atom. The number of imidazole rings is 1. The smallest absolute Gasteiger partial charge is 0.249 e. The van der Waals surface area contributed by atoms with E-state index >= 15 is 0 Å². The lowest BCUT2D eigenvalue weighted by Crippen LogP contribution is -2.46. The molecule has 0 amide bonds. The molecule has 27 heavy (non-hydrogen) atoms. The van der Waals surface area contributed by atoms with Gasteiger partial charge in [0, 0.05) is 19.1 Å². The van der Waals surface area contributed by atoms with Gasteiger partial charge < -0.3 is 10.2 Å². The van der Waals surface area contributed by atoms with Crippen molar-refractivity contribution in [2.75, 3.05) is 13.6 Å². The van der Waals surface area contributed by atoms with Gasteiger partial charge >= 0.3 is 0 Å². The Hall–Kier alpha value is -2.30. The van der Waals surface area contributed by atoms with E-state index in [1.54, 1.807) is 0 Å². The van der Waals surface area contributed by atoms with Gasteiger partial charge in [0.15, 0.2) is 5.96 Å². The van der Waals surface area contributed by atoms with Crippen LogP contribution in [0.4, 0.5) is 0 Å². The lowest BCUT2D eigenvalue weighted by Gasteiger charge is -2.24. The zero-order valence-electron chi connectivity index (χ0n) is 18.2. The molecule has 148 valence electrons. The molecule has 0 aliphatic rings. The van der Waals surface area contributed by atoms with E-state index in [0.717, 1.165) is 19.0 Å². The van der Waals surface area contributed by atoms with Crippen molar-refractivity contribution in [1.82, 2.24) is 14.8 Å². The Balaban J connectivity index is 2.10. The van der Waals surface area contributed by atoms with Crippen LogP contribution >= 0.6 is 0 Å². The van der Waals surface area contributed by atoms with Crippen molar-refractivity contribution in [2.45, 2.75) is 67.1 Å².